The normalized spacial score (nSPS) is 14.3. The van der Waals surface area contributed by atoms with Gasteiger partial charge in [-0.3, -0.25) is 14.4 Å². The van der Waals surface area contributed by atoms with Crippen LogP contribution in [0.5, 0.6) is 5.75 Å². The highest BCUT2D eigenvalue weighted by molar-refractivity contribution is 6.27. The maximum absolute atomic E-state index is 13.4. The summed E-state index contributed by atoms with van der Waals surface area (Å²) < 4.78 is 10.3. The average Bonchev–Trinajstić information content (AvgIpc) is 2.79. The summed E-state index contributed by atoms with van der Waals surface area (Å²) in [4.78, 5) is 38.1. The molecule has 162 valence electrons. The minimum absolute atomic E-state index is 0.0982. The molecule has 0 radical (unpaired) electrons. The zero-order chi connectivity index (χ0) is 22.4. The third-order valence-corrected chi connectivity index (χ3v) is 5.70. The number of methoxy groups -OCH3 is 1. The smallest absolute Gasteiger partial charge is 0.305 e. The van der Waals surface area contributed by atoms with Crippen LogP contribution in [0.4, 0.5) is 0 Å². The predicted molar refractivity (Wildman–Crippen MR) is 119 cm³/mol. The Kier molecular flexibility index (Phi) is 7.40. The second-order valence-electron chi connectivity index (χ2n) is 7.62. The number of esters is 1. The first-order valence-electron chi connectivity index (χ1n) is 10.7. The van der Waals surface area contributed by atoms with E-state index in [4.69, 9.17) is 9.47 Å². The second kappa shape index (κ2) is 10.2. The van der Waals surface area contributed by atoms with E-state index in [1.54, 1.807) is 45.2 Å². The van der Waals surface area contributed by atoms with Gasteiger partial charge in [0.05, 0.1) is 13.7 Å². The lowest BCUT2D eigenvalue weighted by atomic mass is 9.75. The molecule has 0 saturated carbocycles. The summed E-state index contributed by atoms with van der Waals surface area (Å²) in [5, 5.41) is 0. The van der Waals surface area contributed by atoms with E-state index in [0.29, 0.717) is 48.1 Å². The van der Waals surface area contributed by atoms with Crippen molar-refractivity contribution in [1.82, 2.24) is 0 Å². The van der Waals surface area contributed by atoms with Crippen LogP contribution in [0.25, 0.3) is 0 Å². The fourth-order valence-corrected chi connectivity index (χ4v) is 4.10. The van der Waals surface area contributed by atoms with Gasteiger partial charge in [-0.15, -0.1) is 0 Å². The van der Waals surface area contributed by atoms with E-state index in [0.717, 1.165) is 17.7 Å². The molecule has 2 aromatic carbocycles. The molecule has 0 aliphatic heterocycles. The zero-order valence-electron chi connectivity index (χ0n) is 18.3. The fraction of sp³-hybridized carbons (Fsp3) is 0.346. The number of unbranched alkanes of at least 4 members (excludes halogenated alkanes) is 1. The molecule has 0 bridgehead atoms. The maximum Gasteiger partial charge on any atom is 0.305 e. The molecule has 1 atom stereocenters. The van der Waals surface area contributed by atoms with E-state index in [9.17, 15) is 14.4 Å². The number of allylic oxidation sites excluding steroid dienone is 2. The molecule has 3 rings (SSSR count). The summed E-state index contributed by atoms with van der Waals surface area (Å²) in [5.41, 5.74) is 2.91. The molecule has 0 aromatic heterocycles. The Morgan fingerprint density at radius 1 is 0.935 bits per heavy atom. The Morgan fingerprint density at radius 2 is 1.58 bits per heavy atom. The molecule has 1 unspecified atom stereocenters. The van der Waals surface area contributed by atoms with E-state index in [-0.39, 0.29) is 23.5 Å². The topological polar surface area (TPSA) is 69.7 Å². The van der Waals surface area contributed by atoms with Crippen LogP contribution in [0.1, 0.15) is 71.7 Å². The van der Waals surface area contributed by atoms with Crippen LogP contribution < -0.4 is 4.74 Å². The number of rotatable bonds is 9. The SMILES string of the molecule is CCOC(=O)CCCCC(C1=C(C)C(=O)c2ccccc2C1=O)c1ccc(OC)cc1. The molecule has 5 nitrogen and oxygen atoms in total. The Labute approximate surface area is 183 Å². The van der Waals surface area contributed by atoms with Gasteiger partial charge in [-0.25, -0.2) is 0 Å². The molecule has 1 aliphatic carbocycles. The minimum Gasteiger partial charge on any atom is -0.497 e. The number of carbonyl (C=O) groups is 3. The fourth-order valence-electron chi connectivity index (χ4n) is 4.10. The van der Waals surface area contributed by atoms with Gasteiger partial charge in [0.1, 0.15) is 5.75 Å². The lowest BCUT2D eigenvalue weighted by molar-refractivity contribution is -0.143. The van der Waals surface area contributed by atoms with Gasteiger partial charge in [0.2, 0.25) is 0 Å². The van der Waals surface area contributed by atoms with Crippen LogP contribution in [0.15, 0.2) is 59.7 Å². The van der Waals surface area contributed by atoms with Crippen LogP contribution in [0, 0.1) is 0 Å². The highest BCUT2D eigenvalue weighted by Crippen LogP contribution is 2.38. The number of Topliss-reactive ketones (excluding diaryl/α,β-unsaturated/α-hetero) is 2. The van der Waals surface area contributed by atoms with Crippen LogP contribution in [-0.2, 0) is 9.53 Å². The number of ether oxygens (including phenoxy) is 2. The molecule has 0 N–H and O–H groups in total. The summed E-state index contributed by atoms with van der Waals surface area (Å²) >= 11 is 0. The molecule has 0 spiro atoms. The Balaban J connectivity index is 1.91. The number of ketones is 2. The second-order valence-corrected chi connectivity index (χ2v) is 7.62. The molecule has 0 amide bonds. The van der Waals surface area contributed by atoms with Crippen molar-refractivity contribution in [2.45, 2.75) is 45.4 Å². The van der Waals surface area contributed by atoms with Gasteiger partial charge >= 0.3 is 5.97 Å². The highest BCUT2D eigenvalue weighted by Gasteiger charge is 2.34. The zero-order valence-corrected chi connectivity index (χ0v) is 18.3. The third kappa shape index (κ3) is 4.93. The van der Waals surface area contributed by atoms with Gasteiger partial charge in [-0.2, -0.15) is 0 Å². The van der Waals surface area contributed by atoms with Crippen molar-refractivity contribution < 1.29 is 23.9 Å². The minimum atomic E-state index is -0.238. The van der Waals surface area contributed by atoms with Crippen molar-refractivity contribution in [3.63, 3.8) is 0 Å². The average molecular weight is 421 g/mol. The summed E-state index contributed by atoms with van der Waals surface area (Å²) in [7, 11) is 1.61. The number of hydrogen-bond donors (Lipinski definition) is 0. The molecule has 31 heavy (non-hydrogen) atoms. The van der Waals surface area contributed by atoms with Crippen LogP contribution >= 0.6 is 0 Å². The monoisotopic (exact) mass is 420 g/mol. The van der Waals surface area contributed by atoms with Gasteiger partial charge < -0.3 is 9.47 Å². The summed E-state index contributed by atoms with van der Waals surface area (Å²) in [5.74, 6) is 0.0794. The lowest BCUT2D eigenvalue weighted by Gasteiger charge is -2.26. The maximum atomic E-state index is 13.4. The summed E-state index contributed by atoms with van der Waals surface area (Å²) in [6.45, 7) is 3.90. The number of hydrogen-bond acceptors (Lipinski definition) is 5. The van der Waals surface area contributed by atoms with Crippen LogP contribution in [0.2, 0.25) is 0 Å². The molecule has 5 heteroatoms. The van der Waals surface area contributed by atoms with E-state index < -0.39 is 0 Å². The molecule has 1 aliphatic rings. The number of fused-ring (bicyclic) bond motifs is 1. The first-order chi connectivity index (χ1) is 15.0. The van der Waals surface area contributed by atoms with E-state index >= 15 is 0 Å². The van der Waals surface area contributed by atoms with E-state index in [1.807, 2.05) is 24.3 Å². The Morgan fingerprint density at radius 3 is 2.19 bits per heavy atom. The van der Waals surface area contributed by atoms with Gasteiger partial charge in [-0.05, 0) is 44.4 Å². The quantitative estimate of drug-likeness (QED) is 0.407. The summed E-state index contributed by atoms with van der Waals surface area (Å²) in [6, 6.07) is 14.6. The molecular weight excluding hydrogens is 392 g/mol. The van der Waals surface area contributed by atoms with Crippen molar-refractivity contribution in [1.29, 1.82) is 0 Å². The van der Waals surface area contributed by atoms with Crippen molar-refractivity contribution in [3.8, 4) is 5.75 Å². The van der Waals surface area contributed by atoms with Gasteiger partial charge in [-0.1, -0.05) is 42.8 Å². The standard InChI is InChI=1S/C26H28O5/c1-4-31-23(27)12-8-7-9-20(18-13-15-19(30-3)16-14-18)24-17(2)25(28)21-10-5-6-11-22(21)26(24)29/h5-6,10-11,13-16,20H,4,7-9,12H2,1-3H3. The van der Waals surface area contributed by atoms with E-state index in [2.05, 4.69) is 0 Å². The lowest BCUT2D eigenvalue weighted by Crippen LogP contribution is -2.24. The highest BCUT2D eigenvalue weighted by atomic mass is 16.5. The largest absolute Gasteiger partial charge is 0.497 e. The predicted octanol–water partition coefficient (Wildman–Crippen LogP) is 5.30. The van der Waals surface area contributed by atoms with Crippen LogP contribution in [0.3, 0.4) is 0 Å². The van der Waals surface area contributed by atoms with Gasteiger partial charge in [0, 0.05) is 34.6 Å². The van der Waals surface area contributed by atoms with Crippen molar-refractivity contribution in [2.24, 2.45) is 0 Å². The summed E-state index contributed by atoms with van der Waals surface area (Å²) in [6.07, 6.45) is 2.39. The molecule has 0 saturated heterocycles. The van der Waals surface area contributed by atoms with Crippen molar-refractivity contribution in [3.05, 3.63) is 76.4 Å². The Bertz CT molecular complexity index is 1000. The van der Waals surface area contributed by atoms with Crippen molar-refractivity contribution >= 4 is 17.5 Å². The van der Waals surface area contributed by atoms with Gasteiger partial charge in [0.25, 0.3) is 0 Å². The first kappa shape index (κ1) is 22.5. The van der Waals surface area contributed by atoms with Gasteiger partial charge in [0.15, 0.2) is 11.6 Å². The molecule has 2 aromatic rings. The van der Waals surface area contributed by atoms with Crippen molar-refractivity contribution in [2.75, 3.05) is 13.7 Å². The van der Waals surface area contributed by atoms with E-state index in [1.165, 1.54) is 0 Å². The molecular formula is C26H28O5. The van der Waals surface area contributed by atoms with Crippen LogP contribution in [-0.4, -0.2) is 31.3 Å². The third-order valence-electron chi connectivity index (χ3n) is 5.70. The number of benzene rings is 2. The number of carbonyl (C=O) groups excluding carboxylic acids is 3. The Hall–Kier alpha value is -3.21. The molecule has 0 fully saturated rings. The first-order valence-corrected chi connectivity index (χ1v) is 10.7. The molecule has 0 heterocycles.